The van der Waals surface area contributed by atoms with Crippen molar-refractivity contribution >= 4 is 28.7 Å². The molecule has 0 bridgehead atoms. The van der Waals surface area contributed by atoms with Gasteiger partial charge in [0, 0.05) is 19.8 Å². The van der Waals surface area contributed by atoms with Gasteiger partial charge >= 0.3 is 0 Å². The third-order valence-electron chi connectivity index (χ3n) is 3.49. The lowest BCUT2D eigenvalue weighted by molar-refractivity contribution is -0.118. The van der Waals surface area contributed by atoms with Crippen LogP contribution in [0.5, 0.6) is 0 Å². The highest BCUT2D eigenvalue weighted by Crippen LogP contribution is 2.26. The summed E-state index contributed by atoms with van der Waals surface area (Å²) >= 11 is 0. The van der Waals surface area contributed by atoms with Gasteiger partial charge in [-0.25, -0.2) is 0 Å². The minimum Gasteiger partial charge on any atom is -0.423 e. The molecule has 1 atom stereocenters. The number of fused-ring (bicyclic) bond motifs is 1. The van der Waals surface area contributed by atoms with Gasteiger partial charge in [-0.3, -0.25) is 4.79 Å². The monoisotopic (exact) mass is 310 g/mol. The Balaban J connectivity index is 1.91. The summed E-state index contributed by atoms with van der Waals surface area (Å²) in [5, 5.41) is 3.16. The van der Waals surface area contributed by atoms with E-state index in [9.17, 15) is 4.79 Å². The van der Waals surface area contributed by atoms with Crippen LogP contribution in [0.2, 0.25) is 0 Å². The smallest absolute Gasteiger partial charge is 0.297 e. The van der Waals surface area contributed by atoms with Crippen LogP contribution in [0.1, 0.15) is 11.6 Å². The third kappa shape index (κ3) is 3.11. The maximum atomic E-state index is 11.8. The zero-order chi connectivity index (χ0) is 16.4. The summed E-state index contributed by atoms with van der Waals surface area (Å²) in [6.07, 6.45) is 0. The molecule has 3 aromatic rings. The van der Waals surface area contributed by atoms with E-state index in [4.69, 9.17) is 10.2 Å². The van der Waals surface area contributed by atoms with E-state index in [1.54, 1.807) is 4.90 Å². The Morgan fingerprint density at radius 3 is 2.61 bits per heavy atom. The first-order valence-corrected chi connectivity index (χ1v) is 7.23. The fourth-order valence-electron chi connectivity index (χ4n) is 2.33. The number of oxazole rings is 1. The van der Waals surface area contributed by atoms with Gasteiger partial charge in [0.25, 0.3) is 6.01 Å². The van der Waals surface area contributed by atoms with Gasteiger partial charge in [0.15, 0.2) is 5.58 Å². The zero-order valence-corrected chi connectivity index (χ0v) is 13.0. The molecule has 23 heavy (non-hydrogen) atoms. The number of nitrogens with zero attached hydrogens (tertiary/aromatic N) is 2. The van der Waals surface area contributed by atoms with Gasteiger partial charge in [0.1, 0.15) is 11.6 Å². The average Bonchev–Trinajstić information content (AvgIpc) is 2.96. The summed E-state index contributed by atoms with van der Waals surface area (Å²) in [5.74, 6) is -0.439. The van der Waals surface area contributed by atoms with Gasteiger partial charge in [-0.05, 0) is 23.8 Å². The SMILES string of the molecule is CN(C)c1nc2cc(N[C@@H](C(N)=O)c3ccccc3)ccc2o1. The molecule has 6 heteroatoms. The van der Waals surface area contributed by atoms with Gasteiger partial charge in [0.2, 0.25) is 5.91 Å². The molecule has 2 aromatic carbocycles. The Morgan fingerprint density at radius 2 is 1.96 bits per heavy atom. The van der Waals surface area contributed by atoms with Crippen LogP contribution < -0.4 is 16.0 Å². The van der Waals surface area contributed by atoms with Gasteiger partial charge in [0.05, 0.1) is 0 Å². The lowest BCUT2D eigenvalue weighted by Crippen LogP contribution is -2.27. The highest BCUT2D eigenvalue weighted by atomic mass is 16.4. The Kier molecular flexibility index (Phi) is 3.89. The van der Waals surface area contributed by atoms with Crippen LogP contribution in [0.3, 0.4) is 0 Å². The molecule has 0 unspecified atom stereocenters. The van der Waals surface area contributed by atoms with Crippen molar-refractivity contribution in [2.24, 2.45) is 5.73 Å². The number of carbonyl (C=O) groups excluding carboxylic acids is 1. The molecular weight excluding hydrogens is 292 g/mol. The van der Waals surface area contributed by atoms with Crippen molar-refractivity contribution in [3.05, 3.63) is 54.1 Å². The molecule has 0 aliphatic carbocycles. The summed E-state index contributed by atoms with van der Waals surface area (Å²) < 4.78 is 5.62. The summed E-state index contributed by atoms with van der Waals surface area (Å²) in [6, 6.07) is 14.8. The second-order valence-electron chi connectivity index (χ2n) is 5.46. The van der Waals surface area contributed by atoms with E-state index in [1.165, 1.54) is 0 Å². The molecule has 0 saturated carbocycles. The number of nitrogens with one attached hydrogen (secondary N) is 1. The number of benzene rings is 2. The molecule has 3 rings (SSSR count). The van der Waals surface area contributed by atoms with Gasteiger partial charge in [-0.2, -0.15) is 4.98 Å². The summed E-state index contributed by atoms with van der Waals surface area (Å²) in [6.45, 7) is 0. The quantitative estimate of drug-likeness (QED) is 0.756. The number of nitrogens with two attached hydrogens (primary N) is 1. The van der Waals surface area contributed by atoms with Crippen LogP contribution >= 0.6 is 0 Å². The zero-order valence-electron chi connectivity index (χ0n) is 13.0. The molecule has 0 radical (unpaired) electrons. The Morgan fingerprint density at radius 1 is 1.22 bits per heavy atom. The Labute approximate surface area is 133 Å². The maximum absolute atomic E-state index is 11.8. The van der Waals surface area contributed by atoms with E-state index >= 15 is 0 Å². The second-order valence-corrected chi connectivity index (χ2v) is 5.46. The lowest BCUT2D eigenvalue weighted by atomic mass is 10.1. The van der Waals surface area contributed by atoms with Crippen molar-refractivity contribution in [2.75, 3.05) is 24.3 Å². The normalized spacial score (nSPS) is 12.1. The fraction of sp³-hybridized carbons (Fsp3) is 0.176. The van der Waals surface area contributed by atoms with Crippen LogP contribution in [0.4, 0.5) is 11.7 Å². The third-order valence-corrected chi connectivity index (χ3v) is 3.49. The standard InChI is InChI=1S/C17H18N4O2/c1-21(2)17-20-13-10-12(8-9-14(13)23-17)19-15(16(18)22)11-6-4-3-5-7-11/h3-10,15,19H,1-2H3,(H2,18,22)/t15-/m1/s1. The number of hydrogen-bond donors (Lipinski definition) is 2. The van der Waals surface area contributed by atoms with Crippen LogP contribution in [-0.2, 0) is 4.79 Å². The van der Waals surface area contributed by atoms with Crippen molar-refractivity contribution in [3.8, 4) is 0 Å². The number of amides is 1. The molecule has 3 N–H and O–H groups in total. The number of carbonyl (C=O) groups is 1. The predicted octanol–water partition coefficient (Wildman–Crippen LogP) is 2.53. The van der Waals surface area contributed by atoms with Gasteiger partial charge in [-0.15, -0.1) is 0 Å². The highest BCUT2D eigenvalue weighted by Gasteiger charge is 2.18. The Bertz CT molecular complexity index is 827. The van der Waals surface area contributed by atoms with Crippen LogP contribution in [0, 0.1) is 0 Å². The van der Waals surface area contributed by atoms with E-state index in [0.29, 0.717) is 11.6 Å². The van der Waals surface area contributed by atoms with Crippen LogP contribution in [0.25, 0.3) is 11.1 Å². The molecule has 0 saturated heterocycles. The minimum absolute atomic E-state index is 0.439. The number of rotatable bonds is 5. The topological polar surface area (TPSA) is 84.4 Å². The summed E-state index contributed by atoms with van der Waals surface area (Å²) in [4.78, 5) is 18.0. The molecule has 6 nitrogen and oxygen atoms in total. The molecule has 0 aliphatic rings. The van der Waals surface area contributed by atoms with E-state index in [-0.39, 0.29) is 0 Å². The van der Waals surface area contributed by atoms with Crippen molar-refractivity contribution in [2.45, 2.75) is 6.04 Å². The van der Waals surface area contributed by atoms with E-state index in [1.807, 2.05) is 62.6 Å². The fourth-order valence-corrected chi connectivity index (χ4v) is 2.33. The lowest BCUT2D eigenvalue weighted by Gasteiger charge is -2.17. The molecule has 1 heterocycles. The van der Waals surface area contributed by atoms with Crippen LogP contribution in [-0.4, -0.2) is 25.0 Å². The summed E-state index contributed by atoms with van der Waals surface area (Å²) in [5.41, 5.74) is 8.51. The number of aromatic nitrogens is 1. The highest BCUT2D eigenvalue weighted by molar-refractivity contribution is 5.86. The van der Waals surface area contributed by atoms with E-state index in [2.05, 4.69) is 10.3 Å². The van der Waals surface area contributed by atoms with Crippen LogP contribution in [0.15, 0.2) is 52.9 Å². The molecule has 1 aromatic heterocycles. The number of hydrogen-bond acceptors (Lipinski definition) is 5. The minimum atomic E-state index is -0.603. The van der Waals surface area contributed by atoms with Crippen molar-refractivity contribution in [1.82, 2.24) is 4.98 Å². The number of anilines is 2. The van der Waals surface area contributed by atoms with Gasteiger partial charge < -0.3 is 20.4 Å². The average molecular weight is 310 g/mol. The molecule has 1 amide bonds. The second kappa shape index (κ2) is 6.00. The molecule has 0 aliphatic heterocycles. The van der Waals surface area contributed by atoms with Crippen molar-refractivity contribution in [3.63, 3.8) is 0 Å². The van der Waals surface area contributed by atoms with Crippen molar-refractivity contribution < 1.29 is 9.21 Å². The first kappa shape index (κ1) is 14.9. The van der Waals surface area contributed by atoms with E-state index < -0.39 is 11.9 Å². The molecule has 118 valence electrons. The maximum Gasteiger partial charge on any atom is 0.297 e. The molecule has 0 spiro atoms. The predicted molar refractivity (Wildman–Crippen MR) is 90.3 cm³/mol. The number of primary amides is 1. The molecule has 0 fully saturated rings. The van der Waals surface area contributed by atoms with E-state index in [0.717, 1.165) is 16.8 Å². The first-order valence-electron chi connectivity index (χ1n) is 7.23. The summed E-state index contributed by atoms with van der Waals surface area (Å²) in [7, 11) is 3.73. The Hall–Kier alpha value is -3.02. The molecular formula is C17H18N4O2. The first-order chi connectivity index (χ1) is 11.0. The van der Waals surface area contributed by atoms with Gasteiger partial charge in [-0.1, -0.05) is 30.3 Å². The van der Waals surface area contributed by atoms with Crippen molar-refractivity contribution in [1.29, 1.82) is 0 Å². The largest absolute Gasteiger partial charge is 0.423 e.